The molecule has 0 aliphatic rings. The molecule has 1 heteroatoms. The van der Waals surface area contributed by atoms with E-state index in [9.17, 15) is 16.4 Å². The smallest absolute Gasteiger partial charge is 0.143 e. The van der Waals surface area contributed by atoms with Crippen molar-refractivity contribution in [1.29, 1.82) is 0 Å². The Labute approximate surface area is 335 Å². The average Bonchev–Trinajstić information content (AvgIpc) is 3.81. The van der Waals surface area contributed by atoms with E-state index >= 15 is 0 Å². The number of hydrogen-bond donors (Lipinski definition) is 0. The van der Waals surface area contributed by atoms with E-state index < -0.39 is 257 Å². The topological polar surface area (TPSA) is 13.1 Å². The molecule has 0 spiro atoms. The van der Waals surface area contributed by atoms with Crippen molar-refractivity contribution in [3.8, 4) is 33.4 Å². The fourth-order valence-corrected chi connectivity index (χ4v) is 6.46. The van der Waals surface area contributed by atoms with Crippen LogP contribution in [0.25, 0.3) is 109 Å². The predicted molar refractivity (Wildman–Crippen MR) is 218 cm³/mol. The highest BCUT2D eigenvalue weighted by atomic mass is 16.3. The summed E-state index contributed by atoms with van der Waals surface area (Å²) in [6, 6.07) is -25.0. The van der Waals surface area contributed by atoms with Crippen LogP contribution in [0.5, 0.6) is 0 Å². The molecule has 51 heavy (non-hydrogen) atoms. The molecule has 10 aromatic carbocycles. The summed E-state index contributed by atoms with van der Waals surface area (Å²) < 4.78 is 269. The molecule has 11 aromatic rings. The van der Waals surface area contributed by atoms with Crippen molar-refractivity contribution in [2.24, 2.45) is 0 Å². The number of rotatable bonds is 3. The maximum atomic E-state index is 9.82. The summed E-state index contributed by atoms with van der Waals surface area (Å²) in [5.41, 5.74) is -5.44. The quantitative estimate of drug-likeness (QED) is 0.134. The van der Waals surface area contributed by atoms with Crippen LogP contribution in [0.3, 0.4) is 0 Å². The minimum atomic E-state index is -1.10. The van der Waals surface area contributed by atoms with E-state index in [0.717, 1.165) is 6.07 Å². The van der Waals surface area contributed by atoms with Crippen LogP contribution in [-0.4, -0.2) is 0 Å². The molecule has 0 atom stereocenters. The van der Waals surface area contributed by atoms with Gasteiger partial charge in [0.2, 0.25) is 0 Å². The van der Waals surface area contributed by atoms with Crippen molar-refractivity contribution >= 4 is 75.8 Å². The molecule has 0 bridgehead atoms. The van der Waals surface area contributed by atoms with Crippen LogP contribution in [0, 0.1) is 0 Å². The van der Waals surface area contributed by atoms with Crippen molar-refractivity contribution < 1.29 is 44.2 Å². The van der Waals surface area contributed by atoms with Crippen molar-refractivity contribution in [3.63, 3.8) is 0 Å². The van der Waals surface area contributed by atoms with Crippen LogP contribution in [-0.2, 0) is 0 Å². The highest BCUT2D eigenvalue weighted by Gasteiger charge is 2.19. The summed E-state index contributed by atoms with van der Waals surface area (Å²) in [4.78, 5) is 0. The molecular weight excluding hydrogens is 617 g/mol. The maximum Gasteiger partial charge on any atom is 0.143 e. The Hall–Kier alpha value is -6.70. The van der Waals surface area contributed by atoms with Crippen molar-refractivity contribution in [2.45, 2.75) is 0 Å². The van der Waals surface area contributed by atoms with Gasteiger partial charge in [-0.05, 0) is 106 Å². The SMILES string of the molecule is [2H]c1c([2H])c(-c2c3c([2H])c([2H])c([2H])c([2H])c3c(-c3c([2H])c4c([2H])c([2H])c([2H])c([2H])c4c4c([2H])c([2H])c([2H])c([2H])c34)c3c([2H])c([2H])c([2H])c([2H])c23)c([2H])c([2H])c1-c1c([2H])c([2H])c2oc3c(cc([2H])c4c([2H])c([2H])c([2H])c([2H])c43)c2c1[2H]. The van der Waals surface area contributed by atoms with E-state index in [0.29, 0.717) is 0 Å². The summed E-state index contributed by atoms with van der Waals surface area (Å²) in [7, 11) is 0. The minimum Gasteiger partial charge on any atom is -0.455 e. The fraction of sp³-hybridized carbons (Fsp3) is 0. The minimum absolute atomic E-state index is 0.151. The lowest BCUT2D eigenvalue weighted by Gasteiger charge is -2.19. The normalized spacial score (nSPS) is 19.9. The summed E-state index contributed by atoms with van der Waals surface area (Å²) in [5.74, 6) is 0. The van der Waals surface area contributed by atoms with E-state index in [1.54, 1.807) is 0 Å². The number of hydrogen-bond acceptors (Lipinski definition) is 1. The van der Waals surface area contributed by atoms with Crippen LogP contribution >= 0.6 is 0 Å². The van der Waals surface area contributed by atoms with E-state index in [1.165, 1.54) is 0 Å². The van der Waals surface area contributed by atoms with Gasteiger partial charge in [0.15, 0.2) is 0 Å². The lowest BCUT2D eigenvalue weighted by molar-refractivity contribution is 0.672. The van der Waals surface area contributed by atoms with E-state index in [4.69, 9.17) is 27.7 Å². The third-order valence-corrected chi connectivity index (χ3v) is 8.65. The van der Waals surface area contributed by atoms with Gasteiger partial charge >= 0.3 is 0 Å². The van der Waals surface area contributed by atoms with Gasteiger partial charge in [-0.15, -0.1) is 0 Å². The van der Waals surface area contributed by atoms with Crippen LogP contribution in [0.15, 0.2) is 186 Å². The summed E-state index contributed by atoms with van der Waals surface area (Å²) in [5, 5.41) is -6.62. The molecule has 0 N–H and O–H groups in total. The molecule has 0 fully saturated rings. The molecule has 1 aromatic heterocycles. The third-order valence-electron chi connectivity index (χ3n) is 8.65. The Balaban J connectivity index is 1.35. The molecule has 0 radical (unpaired) electrons. The second kappa shape index (κ2) is 10.9. The fourth-order valence-electron chi connectivity index (χ4n) is 6.46. The number of fused-ring (bicyclic) bond motifs is 10. The average molecular weight is 676 g/mol. The summed E-state index contributed by atoms with van der Waals surface area (Å²) in [6.07, 6.45) is 0. The summed E-state index contributed by atoms with van der Waals surface area (Å²) in [6.45, 7) is 0. The van der Waals surface area contributed by atoms with E-state index in [-0.39, 0.29) is 27.1 Å². The van der Waals surface area contributed by atoms with Gasteiger partial charge in [0.1, 0.15) is 11.2 Å². The highest BCUT2D eigenvalue weighted by molar-refractivity contribution is 6.26. The molecule has 0 saturated carbocycles. The first-order valence-corrected chi connectivity index (χ1v) is 15.2. The van der Waals surface area contributed by atoms with Crippen molar-refractivity contribution in [3.05, 3.63) is 181 Å². The zero-order valence-corrected chi connectivity index (χ0v) is 25.5. The Kier molecular flexibility index (Phi) is 2.56. The van der Waals surface area contributed by atoms with Crippen molar-refractivity contribution in [1.82, 2.24) is 0 Å². The molecule has 0 aliphatic carbocycles. The lowest BCUT2D eigenvalue weighted by atomic mass is 9.83. The van der Waals surface area contributed by atoms with Gasteiger partial charge in [0.25, 0.3) is 0 Å². The molecule has 0 amide bonds. The van der Waals surface area contributed by atoms with Gasteiger partial charge in [-0.25, -0.2) is 0 Å². The zero-order chi connectivity index (χ0) is 58.7. The molecule has 1 heterocycles. The van der Waals surface area contributed by atoms with Crippen molar-refractivity contribution in [2.75, 3.05) is 0 Å². The van der Waals surface area contributed by atoms with Crippen LogP contribution in [0.4, 0.5) is 0 Å². The number of benzene rings is 10. The molecule has 11 rings (SSSR count). The van der Waals surface area contributed by atoms with Crippen LogP contribution < -0.4 is 0 Å². The molecule has 236 valence electrons. The van der Waals surface area contributed by atoms with Crippen LogP contribution in [0.1, 0.15) is 39.8 Å². The predicted octanol–water partition coefficient (Wildman–Crippen LogP) is 14.4. The zero-order valence-electron chi connectivity index (χ0n) is 54.5. The summed E-state index contributed by atoms with van der Waals surface area (Å²) >= 11 is 0. The maximum absolute atomic E-state index is 9.82. The standard InChI is InChI=1S/C50H30O/c1-4-14-37-32(11-1)25-27-44-45-29-34(26-28-47(45)51-50(37)44)31-21-23-33(24-22-31)48-40-17-7-9-19-42(40)49(43-20-10-8-18-41(43)48)46-30-35-12-2-3-13-36(35)38-15-5-6-16-39(38)46/h1-30H/i1D,2D,3D,4D,5D,6D,7D,8D,9D,10D,11D,12D,13D,14D,15D,16D,17D,18D,19D,20D,21D,22D,23D,24D,25D,26D,28D,29D,30D. The van der Waals surface area contributed by atoms with Gasteiger partial charge in [0.05, 0.1) is 39.8 Å². The number of furan rings is 1. The third kappa shape index (κ3) is 4.22. The Bertz CT molecular complexity index is 4760. The highest BCUT2D eigenvalue weighted by Crippen LogP contribution is 2.47. The second-order valence-corrected chi connectivity index (χ2v) is 11.3. The first-order chi connectivity index (χ1) is 37.4. The van der Waals surface area contributed by atoms with Gasteiger partial charge in [0, 0.05) is 16.2 Å². The molecular formula is C50H30O. The van der Waals surface area contributed by atoms with E-state index in [1.807, 2.05) is 0 Å². The second-order valence-electron chi connectivity index (χ2n) is 11.3. The lowest BCUT2D eigenvalue weighted by Crippen LogP contribution is -1.92. The Morgan fingerprint density at radius 3 is 1.57 bits per heavy atom. The van der Waals surface area contributed by atoms with Gasteiger partial charge in [-0.1, -0.05) is 157 Å². The van der Waals surface area contributed by atoms with Gasteiger partial charge < -0.3 is 4.42 Å². The first-order valence-electron chi connectivity index (χ1n) is 29.7. The monoisotopic (exact) mass is 675 g/mol. The Morgan fingerprint density at radius 2 is 0.863 bits per heavy atom. The Morgan fingerprint density at radius 1 is 0.333 bits per heavy atom. The van der Waals surface area contributed by atoms with Gasteiger partial charge in [-0.3, -0.25) is 0 Å². The first kappa shape index (κ1) is 12.0. The largest absolute Gasteiger partial charge is 0.455 e. The molecule has 0 aliphatic heterocycles. The van der Waals surface area contributed by atoms with Gasteiger partial charge in [-0.2, -0.15) is 0 Å². The molecule has 0 saturated heterocycles. The van der Waals surface area contributed by atoms with E-state index in [2.05, 4.69) is 0 Å². The molecule has 1 nitrogen and oxygen atoms in total. The molecule has 0 unspecified atom stereocenters. The van der Waals surface area contributed by atoms with Crippen LogP contribution in [0.2, 0.25) is 0 Å².